The molecule has 116 valence electrons. The number of phenols is 1. The van der Waals surface area contributed by atoms with E-state index in [-0.39, 0.29) is 5.75 Å². The van der Waals surface area contributed by atoms with Gasteiger partial charge in [-0.1, -0.05) is 60.7 Å². The number of aromatic hydroxyl groups is 1. The van der Waals surface area contributed by atoms with Crippen LogP contribution in [0.15, 0.2) is 84.9 Å². The van der Waals surface area contributed by atoms with Gasteiger partial charge in [0.15, 0.2) is 11.6 Å². The molecule has 0 unspecified atom stereocenters. The Morgan fingerprint density at radius 1 is 0.625 bits per heavy atom. The lowest BCUT2D eigenvalue weighted by Gasteiger charge is -2.11. The van der Waals surface area contributed by atoms with E-state index in [1.807, 2.05) is 77.4 Å². The predicted octanol–water partition coefficient (Wildman–Crippen LogP) is 4.31. The number of benzene rings is 3. The van der Waals surface area contributed by atoms with Gasteiger partial charge >= 0.3 is 0 Å². The molecule has 0 atom stereocenters. The van der Waals surface area contributed by atoms with Gasteiger partial charge in [0, 0.05) is 11.3 Å². The summed E-state index contributed by atoms with van der Waals surface area (Å²) in [7, 11) is 0. The highest BCUT2D eigenvalue weighted by Gasteiger charge is 2.18. The van der Waals surface area contributed by atoms with E-state index in [2.05, 4.69) is 10.2 Å². The first-order valence-corrected chi connectivity index (χ1v) is 7.69. The minimum absolute atomic E-state index is 0.182. The minimum atomic E-state index is 0.182. The van der Waals surface area contributed by atoms with Crippen molar-refractivity contribution in [2.75, 3.05) is 0 Å². The molecule has 4 nitrogen and oxygen atoms in total. The van der Waals surface area contributed by atoms with Crippen LogP contribution in [0, 0.1) is 0 Å². The average molecular weight is 313 g/mol. The highest BCUT2D eigenvalue weighted by Crippen LogP contribution is 2.32. The van der Waals surface area contributed by atoms with Crippen molar-refractivity contribution < 1.29 is 5.11 Å². The van der Waals surface area contributed by atoms with Gasteiger partial charge in [-0.15, -0.1) is 10.2 Å². The van der Waals surface area contributed by atoms with Crippen LogP contribution < -0.4 is 0 Å². The maximum absolute atomic E-state index is 10.2. The number of phenolic OH excluding ortho intramolecular Hbond substituents is 1. The maximum atomic E-state index is 10.2. The smallest absolute Gasteiger partial charge is 0.172 e. The van der Waals surface area contributed by atoms with E-state index in [9.17, 15) is 5.11 Å². The number of rotatable bonds is 3. The first kappa shape index (κ1) is 14.2. The molecule has 4 heteroatoms. The molecule has 4 aromatic rings. The Kier molecular flexibility index (Phi) is 3.56. The van der Waals surface area contributed by atoms with Gasteiger partial charge < -0.3 is 5.11 Å². The number of hydrogen-bond acceptors (Lipinski definition) is 3. The molecule has 0 aliphatic rings. The third-order valence-electron chi connectivity index (χ3n) is 3.85. The van der Waals surface area contributed by atoms with Gasteiger partial charge in [0.1, 0.15) is 5.75 Å². The van der Waals surface area contributed by atoms with Gasteiger partial charge in [0.2, 0.25) is 0 Å². The lowest BCUT2D eigenvalue weighted by molar-refractivity contribution is 0.476. The summed E-state index contributed by atoms with van der Waals surface area (Å²) in [5, 5.41) is 19.0. The van der Waals surface area contributed by atoms with E-state index < -0.39 is 0 Å². The third-order valence-corrected chi connectivity index (χ3v) is 3.85. The van der Waals surface area contributed by atoms with Crippen molar-refractivity contribution in [3.05, 3.63) is 84.9 Å². The second kappa shape index (κ2) is 6.01. The molecule has 0 bridgehead atoms. The van der Waals surface area contributed by atoms with Crippen LogP contribution >= 0.6 is 0 Å². The molecule has 0 fully saturated rings. The fraction of sp³-hybridized carbons (Fsp3) is 0. The summed E-state index contributed by atoms with van der Waals surface area (Å²) in [5.74, 6) is 1.53. The molecule has 0 radical (unpaired) electrons. The van der Waals surface area contributed by atoms with Crippen molar-refractivity contribution in [3.8, 4) is 34.2 Å². The second-order valence-electron chi connectivity index (χ2n) is 5.40. The van der Waals surface area contributed by atoms with Crippen LogP contribution in [0.2, 0.25) is 0 Å². The molecule has 0 spiro atoms. The zero-order chi connectivity index (χ0) is 16.4. The van der Waals surface area contributed by atoms with Crippen LogP contribution in [-0.4, -0.2) is 19.9 Å². The maximum Gasteiger partial charge on any atom is 0.172 e. The lowest BCUT2D eigenvalue weighted by atomic mass is 10.1. The fourth-order valence-corrected chi connectivity index (χ4v) is 2.72. The normalized spacial score (nSPS) is 10.7. The van der Waals surface area contributed by atoms with Crippen molar-refractivity contribution in [2.24, 2.45) is 0 Å². The van der Waals surface area contributed by atoms with E-state index in [1.54, 1.807) is 12.1 Å². The summed E-state index contributed by atoms with van der Waals surface area (Å²) in [6, 6.07) is 27.0. The summed E-state index contributed by atoms with van der Waals surface area (Å²) in [4.78, 5) is 0. The molecule has 0 saturated heterocycles. The van der Waals surface area contributed by atoms with Crippen LogP contribution in [0.25, 0.3) is 28.5 Å². The molecule has 24 heavy (non-hydrogen) atoms. The molecular formula is C20H15N3O. The molecular weight excluding hydrogens is 298 g/mol. The third kappa shape index (κ3) is 2.44. The Morgan fingerprint density at radius 2 is 1.21 bits per heavy atom. The number of hydrogen-bond donors (Lipinski definition) is 1. The van der Waals surface area contributed by atoms with Crippen LogP contribution in [0.3, 0.4) is 0 Å². The van der Waals surface area contributed by atoms with Crippen LogP contribution in [0.5, 0.6) is 5.75 Å². The molecule has 4 rings (SSSR count). The summed E-state index contributed by atoms with van der Waals surface area (Å²) in [5.41, 5.74) is 2.56. The van der Waals surface area contributed by atoms with E-state index in [0.717, 1.165) is 17.1 Å². The molecule has 3 aromatic carbocycles. The molecule has 1 N–H and O–H groups in total. The summed E-state index contributed by atoms with van der Waals surface area (Å²) in [6.45, 7) is 0. The summed E-state index contributed by atoms with van der Waals surface area (Å²) in [6.07, 6.45) is 0. The molecule has 0 saturated carbocycles. The Balaban J connectivity index is 2.00. The quantitative estimate of drug-likeness (QED) is 0.613. The van der Waals surface area contributed by atoms with E-state index >= 15 is 0 Å². The van der Waals surface area contributed by atoms with Gasteiger partial charge in [-0.05, 0) is 24.3 Å². The summed E-state index contributed by atoms with van der Waals surface area (Å²) < 4.78 is 1.96. The van der Waals surface area contributed by atoms with Gasteiger partial charge in [-0.2, -0.15) is 0 Å². The predicted molar refractivity (Wildman–Crippen MR) is 93.9 cm³/mol. The van der Waals surface area contributed by atoms with E-state index in [1.165, 1.54) is 0 Å². The Morgan fingerprint density at radius 3 is 1.92 bits per heavy atom. The highest BCUT2D eigenvalue weighted by molar-refractivity contribution is 5.70. The fourth-order valence-electron chi connectivity index (χ4n) is 2.72. The molecule has 1 heterocycles. The second-order valence-corrected chi connectivity index (χ2v) is 5.40. The highest BCUT2D eigenvalue weighted by atomic mass is 16.3. The summed E-state index contributed by atoms with van der Waals surface area (Å²) >= 11 is 0. The standard InChI is InChI=1S/C20H15N3O/c24-18-14-8-7-13-17(18)20-22-21-19(15-9-3-1-4-10-15)23(20)16-11-5-2-6-12-16/h1-14,24H. The van der Waals surface area contributed by atoms with E-state index in [0.29, 0.717) is 11.4 Å². The first-order chi connectivity index (χ1) is 11.8. The topological polar surface area (TPSA) is 50.9 Å². The van der Waals surface area contributed by atoms with E-state index in [4.69, 9.17) is 0 Å². The Hall–Kier alpha value is -3.40. The minimum Gasteiger partial charge on any atom is -0.507 e. The average Bonchev–Trinajstić information content (AvgIpc) is 3.08. The van der Waals surface area contributed by atoms with Crippen LogP contribution in [0.1, 0.15) is 0 Å². The SMILES string of the molecule is Oc1ccccc1-c1nnc(-c2ccccc2)n1-c1ccccc1. The molecule has 0 aliphatic heterocycles. The zero-order valence-corrected chi connectivity index (χ0v) is 12.9. The van der Waals surface area contributed by atoms with Crippen molar-refractivity contribution in [3.63, 3.8) is 0 Å². The van der Waals surface area contributed by atoms with Crippen molar-refractivity contribution in [1.82, 2.24) is 14.8 Å². The first-order valence-electron chi connectivity index (χ1n) is 7.69. The number of para-hydroxylation sites is 2. The number of nitrogens with zero attached hydrogens (tertiary/aromatic N) is 3. The van der Waals surface area contributed by atoms with Crippen LogP contribution in [-0.2, 0) is 0 Å². The Bertz CT molecular complexity index is 963. The largest absolute Gasteiger partial charge is 0.507 e. The molecule has 1 aromatic heterocycles. The lowest BCUT2D eigenvalue weighted by Crippen LogP contribution is -2.00. The monoisotopic (exact) mass is 313 g/mol. The zero-order valence-electron chi connectivity index (χ0n) is 12.9. The van der Waals surface area contributed by atoms with Crippen molar-refractivity contribution in [2.45, 2.75) is 0 Å². The number of aromatic nitrogens is 3. The van der Waals surface area contributed by atoms with Crippen LogP contribution in [0.4, 0.5) is 0 Å². The van der Waals surface area contributed by atoms with Gasteiger partial charge in [-0.25, -0.2) is 0 Å². The van der Waals surface area contributed by atoms with Crippen molar-refractivity contribution >= 4 is 0 Å². The molecule has 0 aliphatic carbocycles. The van der Waals surface area contributed by atoms with Crippen molar-refractivity contribution in [1.29, 1.82) is 0 Å². The van der Waals surface area contributed by atoms with Gasteiger partial charge in [0.25, 0.3) is 0 Å². The van der Waals surface area contributed by atoms with Gasteiger partial charge in [-0.3, -0.25) is 4.57 Å². The molecule has 0 amide bonds. The Labute approximate surface area is 139 Å². The van der Waals surface area contributed by atoms with Gasteiger partial charge in [0.05, 0.1) is 5.56 Å².